The highest BCUT2D eigenvalue weighted by Gasteiger charge is 2.49. The number of carbonyl (C=O) groups is 1. The predicted octanol–water partition coefficient (Wildman–Crippen LogP) is 5.89. The van der Waals surface area contributed by atoms with Crippen molar-refractivity contribution in [1.82, 2.24) is 15.0 Å². The largest absolute Gasteiger partial charge is 0.454 e. The van der Waals surface area contributed by atoms with Crippen LogP contribution >= 0.6 is 0 Å². The summed E-state index contributed by atoms with van der Waals surface area (Å²) < 4.78 is 14.6. The van der Waals surface area contributed by atoms with Crippen LogP contribution in [0.2, 0.25) is 18.6 Å². The molecule has 0 spiro atoms. The van der Waals surface area contributed by atoms with Gasteiger partial charge in [-0.1, -0.05) is 48.5 Å². The minimum absolute atomic E-state index is 0.00842. The lowest BCUT2D eigenvalue weighted by molar-refractivity contribution is 0.0245. The molecule has 0 saturated carbocycles. The predicted molar refractivity (Wildman–Crippen MR) is 171 cm³/mol. The molecule has 2 aliphatic heterocycles. The van der Waals surface area contributed by atoms with Gasteiger partial charge in [0.2, 0.25) is 0 Å². The number of carbonyl (C=O) groups excluding carboxylic acids is 1. The minimum Gasteiger partial charge on any atom is -0.454 e. The normalized spacial score (nSPS) is 21.5. The molecule has 3 heterocycles. The van der Waals surface area contributed by atoms with Crippen molar-refractivity contribution in [2.75, 3.05) is 11.5 Å². The van der Waals surface area contributed by atoms with Gasteiger partial charge in [0.05, 0.1) is 29.2 Å². The van der Waals surface area contributed by atoms with Crippen molar-refractivity contribution >= 4 is 25.6 Å². The number of anilines is 2. The molecular weight excluding hydrogens is 572 g/mol. The zero-order valence-electron chi connectivity index (χ0n) is 25.5. The number of aliphatic hydroxyl groups excluding tert-OH is 1. The van der Waals surface area contributed by atoms with Crippen molar-refractivity contribution < 1.29 is 24.2 Å². The lowest BCUT2D eigenvalue weighted by Crippen LogP contribution is -2.40. The van der Waals surface area contributed by atoms with Crippen molar-refractivity contribution in [3.05, 3.63) is 95.8 Å². The van der Waals surface area contributed by atoms with Crippen molar-refractivity contribution in [3.63, 3.8) is 0 Å². The molecule has 1 saturated heterocycles. The second-order valence-electron chi connectivity index (χ2n) is 12.4. The summed E-state index contributed by atoms with van der Waals surface area (Å²) in [4.78, 5) is 26.9. The van der Waals surface area contributed by atoms with Gasteiger partial charge in [0.1, 0.15) is 5.75 Å². The van der Waals surface area contributed by atoms with Crippen LogP contribution in [-0.4, -0.2) is 57.9 Å². The number of fused-ring (bicyclic) bond motifs is 2. The lowest BCUT2D eigenvalue weighted by Gasteiger charge is -2.30. The summed E-state index contributed by atoms with van der Waals surface area (Å²) in [6, 6.07) is 23.1. The summed E-state index contributed by atoms with van der Waals surface area (Å²) >= 11 is 0. The van der Waals surface area contributed by atoms with Crippen LogP contribution in [0.4, 0.5) is 11.4 Å². The van der Waals surface area contributed by atoms with Crippen LogP contribution in [0, 0.1) is 5.92 Å². The maximum Gasteiger partial charge on any atom is 0.266 e. The van der Waals surface area contributed by atoms with Gasteiger partial charge >= 0.3 is 0 Å². The zero-order chi connectivity index (χ0) is 30.8. The molecule has 1 aromatic heterocycles. The third-order valence-corrected chi connectivity index (χ3v) is 11.4. The molecule has 1 fully saturated rings. The SMILES string of the molecule is C[C@H]1[C@H]([Si](C)(C)O)[C@@H](CCn2cc(CCO)nn2)O[C@H]1CCc1cccc(N2C(=O)c3ccccc3Oc3ccccc32)c1. The van der Waals surface area contributed by atoms with Gasteiger partial charge in [-0.15, -0.1) is 5.10 Å². The Bertz CT molecular complexity index is 1620. The monoisotopic (exact) mass is 612 g/mol. The van der Waals surface area contributed by atoms with Crippen molar-refractivity contribution in [2.45, 2.75) is 70.0 Å². The number of nitrogens with zero attached hydrogens (tertiary/aromatic N) is 4. The lowest BCUT2D eigenvalue weighted by atomic mass is 9.95. The van der Waals surface area contributed by atoms with E-state index >= 15 is 0 Å². The third-order valence-electron chi connectivity index (χ3n) is 8.85. The summed E-state index contributed by atoms with van der Waals surface area (Å²) in [7, 11) is -2.51. The molecule has 230 valence electrons. The van der Waals surface area contributed by atoms with E-state index in [9.17, 15) is 14.7 Å². The Balaban J connectivity index is 1.18. The first kappa shape index (κ1) is 30.2. The molecule has 9 nitrogen and oxygen atoms in total. The van der Waals surface area contributed by atoms with E-state index < -0.39 is 8.32 Å². The van der Waals surface area contributed by atoms with Crippen molar-refractivity contribution in [1.29, 1.82) is 0 Å². The van der Waals surface area contributed by atoms with Gasteiger partial charge in [-0.2, -0.15) is 0 Å². The van der Waals surface area contributed by atoms with E-state index in [0.717, 1.165) is 36.2 Å². The van der Waals surface area contributed by atoms with Gasteiger partial charge in [0.15, 0.2) is 14.1 Å². The highest BCUT2D eigenvalue weighted by molar-refractivity contribution is 6.71. The quantitative estimate of drug-likeness (QED) is 0.215. The molecule has 0 radical (unpaired) electrons. The van der Waals surface area contributed by atoms with Crippen LogP contribution in [0.15, 0.2) is 79.0 Å². The summed E-state index contributed by atoms with van der Waals surface area (Å²) in [5.41, 5.74) is 3.99. The number of ether oxygens (including phenoxy) is 2. The molecule has 2 aliphatic rings. The van der Waals surface area contributed by atoms with Gasteiger partial charge in [0.25, 0.3) is 5.91 Å². The average molecular weight is 613 g/mol. The summed E-state index contributed by atoms with van der Waals surface area (Å²) in [6.07, 6.45) is 4.62. The first-order chi connectivity index (χ1) is 21.2. The number of benzene rings is 3. The van der Waals surface area contributed by atoms with Crippen LogP contribution < -0.4 is 9.64 Å². The maximum atomic E-state index is 13.9. The first-order valence-corrected chi connectivity index (χ1v) is 18.4. The Morgan fingerprint density at radius 3 is 2.50 bits per heavy atom. The Kier molecular flexibility index (Phi) is 8.68. The van der Waals surface area contributed by atoms with Gasteiger partial charge in [-0.25, -0.2) is 0 Å². The Labute approximate surface area is 259 Å². The van der Waals surface area contributed by atoms with Crippen LogP contribution in [0.1, 0.15) is 41.4 Å². The number of aromatic nitrogens is 3. The summed E-state index contributed by atoms with van der Waals surface area (Å²) in [5, 5.41) is 17.5. The molecule has 0 unspecified atom stereocenters. The van der Waals surface area contributed by atoms with Gasteiger partial charge < -0.3 is 19.4 Å². The Morgan fingerprint density at radius 2 is 1.70 bits per heavy atom. The van der Waals surface area contributed by atoms with Crippen molar-refractivity contribution in [2.24, 2.45) is 5.92 Å². The third kappa shape index (κ3) is 6.21. The Morgan fingerprint density at radius 1 is 0.932 bits per heavy atom. The maximum absolute atomic E-state index is 13.9. The van der Waals surface area contributed by atoms with Gasteiger partial charge in [-0.05, 0) is 80.2 Å². The molecule has 6 rings (SSSR count). The fourth-order valence-corrected chi connectivity index (χ4v) is 9.50. The second kappa shape index (κ2) is 12.6. The van der Waals surface area contributed by atoms with Crippen LogP contribution in [-0.2, 0) is 24.1 Å². The molecule has 0 aliphatic carbocycles. The molecule has 1 amide bonds. The fourth-order valence-electron chi connectivity index (χ4n) is 6.84. The first-order valence-electron chi connectivity index (χ1n) is 15.4. The second-order valence-corrected chi connectivity index (χ2v) is 16.4. The van der Waals surface area contributed by atoms with Crippen LogP contribution in [0.3, 0.4) is 0 Å². The van der Waals surface area contributed by atoms with Crippen molar-refractivity contribution in [3.8, 4) is 11.5 Å². The standard InChI is InChI=1S/C34H40N4O5Si/c1-23-29(42-32(33(23)44(2,3)41)17-19-37-22-25(18-20-39)35-36-37)16-15-24-9-8-10-26(21-24)38-28-12-5-7-14-31(28)43-30-13-6-4-11-27(30)34(38)40/h4-14,21-23,29,32-33,39,41H,15-20H2,1-3H3/t23-,29+,32-,33+/m1/s1. The number of amides is 1. The number of para-hydroxylation sites is 3. The van der Waals surface area contributed by atoms with E-state index in [2.05, 4.69) is 29.4 Å². The average Bonchev–Trinajstić information content (AvgIpc) is 3.56. The fraction of sp³-hybridized carbons (Fsp3) is 0.382. The van der Waals surface area contributed by atoms with Gasteiger partial charge in [-0.3, -0.25) is 14.4 Å². The van der Waals surface area contributed by atoms with E-state index in [4.69, 9.17) is 9.47 Å². The number of aryl methyl sites for hydroxylation is 2. The van der Waals surface area contributed by atoms with E-state index in [1.54, 1.807) is 15.6 Å². The molecule has 10 heteroatoms. The molecule has 2 N–H and O–H groups in total. The summed E-state index contributed by atoms with van der Waals surface area (Å²) in [6.45, 7) is 6.90. The van der Waals surface area contributed by atoms with Gasteiger partial charge in [0, 0.05) is 37.0 Å². The zero-order valence-corrected chi connectivity index (χ0v) is 26.5. The van der Waals surface area contributed by atoms with Crippen LogP contribution in [0.25, 0.3) is 0 Å². The molecular formula is C34H40N4O5Si. The van der Waals surface area contributed by atoms with E-state index in [-0.39, 0.29) is 36.2 Å². The molecule has 4 atom stereocenters. The minimum atomic E-state index is -2.51. The summed E-state index contributed by atoms with van der Waals surface area (Å²) in [5.74, 6) is 1.26. The molecule has 0 bridgehead atoms. The Hall–Kier alpha value is -3.83. The highest BCUT2D eigenvalue weighted by Crippen LogP contribution is 2.46. The number of hydrogen-bond donors (Lipinski definition) is 2. The number of aliphatic hydroxyl groups is 1. The van der Waals surface area contributed by atoms with E-state index in [0.29, 0.717) is 35.7 Å². The molecule has 3 aromatic carbocycles. The molecule has 4 aromatic rings. The van der Waals surface area contributed by atoms with E-state index in [1.165, 1.54) is 0 Å². The van der Waals surface area contributed by atoms with E-state index in [1.807, 2.05) is 73.9 Å². The number of hydrogen-bond acceptors (Lipinski definition) is 7. The van der Waals surface area contributed by atoms with Crippen LogP contribution in [0.5, 0.6) is 11.5 Å². The highest BCUT2D eigenvalue weighted by atomic mass is 28.4. The topological polar surface area (TPSA) is 110 Å². The number of rotatable bonds is 10. The smallest absolute Gasteiger partial charge is 0.266 e. The molecule has 44 heavy (non-hydrogen) atoms.